The van der Waals surface area contributed by atoms with Gasteiger partial charge in [-0.25, -0.2) is 0 Å². The molecule has 0 saturated heterocycles. The van der Waals surface area contributed by atoms with E-state index in [-0.39, 0.29) is 11.8 Å². The van der Waals surface area contributed by atoms with Gasteiger partial charge in [-0.15, -0.1) is 11.8 Å². The van der Waals surface area contributed by atoms with Gasteiger partial charge in [0.2, 0.25) is 11.8 Å². The number of nitrogens with zero attached hydrogens (tertiary/aromatic N) is 1. The molecule has 2 rings (SSSR count). The maximum Gasteiger partial charge on any atom is 0.242 e. The van der Waals surface area contributed by atoms with E-state index >= 15 is 0 Å². The van der Waals surface area contributed by atoms with Crippen LogP contribution in [0.5, 0.6) is 5.75 Å². The predicted octanol–water partition coefficient (Wildman–Crippen LogP) is 4.82. The van der Waals surface area contributed by atoms with Gasteiger partial charge in [-0.2, -0.15) is 0 Å². The Morgan fingerprint density at radius 2 is 1.78 bits per heavy atom. The molecule has 0 heterocycles. The second-order valence-electron chi connectivity index (χ2n) is 8.35. The summed E-state index contributed by atoms with van der Waals surface area (Å²) in [5.41, 5.74) is 3.42. The first-order valence-electron chi connectivity index (χ1n) is 11.2. The van der Waals surface area contributed by atoms with Crippen LogP contribution in [0.15, 0.2) is 48.5 Å². The van der Waals surface area contributed by atoms with E-state index in [1.165, 1.54) is 11.1 Å². The van der Waals surface area contributed by atoms with Gasteiger partial charge in [-0.1, -0.05) is 57.2 Å². The lowest BCUT2D eigenvalue weighted by atomic mass is 10.1. The van der Waals surface area contributed by atoms with Crippen LogP contribution in [0.2, 0.25) is 0 Å². The van der Waals surface area contributed by atoms with Crippen LogP contribution >= 0.6 is 11.8 Å². The molecule has 0 fully saturated rings. The number of benzene rings is 2. The molecule has 174 valence electrons. The predicted molar refractivity (Wildman–Crippen MR) is 133 cm³/mol. The number of carbonyl (C=O) groups is 2. The molecular formula is C26H36N2O3S. The number of methoxy groups -OCH3 is 1. The van der Waals surface area contributed by atoms with E-state index < -0.39 is 6.04 Å². The molecule has 0 saturated carbocycles. The van der Waals surface area contributed by atoms with Crippen LogP contribution in [-0.2, 0) is 21.9 Å². The molecule has 0 spiro atoms. The van der Waals surface area contributed by atoms with E-state index in [0.29, 0.717) is 31.2 Å². The number of aryl methyl sites for hydroxylation is 1. The van der Waals surface area contributed by atoms with Crippen LogP contribution in [0.4, 0.5) is 0 Å². The molecule has 0 aromatic heterocycles. The minimum Gasteiger partial charge on any atom is -0.497 e. The molecule has 32 heavy (non-hydrogen) atoms. The van der Waals surface area contributed by atoms with Crippen molar-refractivity contribution < 1.29 is 14.3 Å². The topological polar surface area (TPSA) is 58.6 Å². The highest BCUT2D eigenvalue weighted by Crippen LogP contribution is 2.20. The second kappa shape index (κ2) is 13.2. The Morgan fingerprint density at radius 3 is 2.38 bits per heavy atom. The van der Waals surface area contributed by atoms with Gasteiger partial charge < -0.3 is 15.0 Å². The average Bonchev–Trinajstić information content (AvgIpc) is 2.79. The maximum atomic E-state index is 13.3. The van der Waals surface area contributed by atoms with Crippen molar-refractivity contribution in [2.24, 2.45) is 5.92 Å². The van der Waals surface area contributed by atoms with Crippen LogP contribution in [0.25, 0.3) is 0 Å². The summed E-state index contributed by atoms with van der Waals surface area (Å²) < 4.78 is 5.24. The molecule has 0 unspecified atom stereocenters. The van der Waals surface area contributed by atoms with E-state index in [4.69, 9.17) is 4.74 Å². The van der Waals surface area contributed by atoms with Crippen LogP contribution in [0.1, 0.15) is 43.9 Å². The lowest BCUT2D eigenvalue weighted by molar-refractivity contribution is -0.139. The van der Waals surface area contributed by atoms with Gasteiger partial charge in [0.1, 0.15) is 11.8 Å². The van der Waals surface area contributed by atoms with E-state index in [9.17, 15) is 9.59 Å². The van der Waals surface area contributed by atoms with Crippen LogP contribution in [0.3, 0.4) is 0 Å². The summed E-state index contributed by atoms with van der Waals surface area (Å²) in [4.78, 5) is 27.9. The third-order valence-corrected chi connectivity index (χ3v) is 6.29. The molecule has 5 nitrogen and oxygen atoms in total. The van der Waals surface area contributed by atoms with Gasteiger partial charge in [0.05, 0.1) is 12.9 Å². The number of nitrogens with one attached hydrogen (secondary N) is 1. The summed E-state index contributed by atoms with van der Waals surface area (Å²) in [6.07, 6.45) is 0.564. The lowest BCUT2D eigenvalue weighted by Gasteiger charge is -2.31. The minimum absolute atomic E-state index is 0.0223. The Kier molecular flexibility index (Phi) is 10.6. The summed E-state index contributed by atoms with van der Waals surface area (Å²) in [5, 5.41) is 3.00. The summed E-state index contributed by atoms with van der Waals surface area (Å²) in [6.45, 7) is 9.14. The number of thioether (sulfide) groups is 1. The normalized spacial score (nSPS) is 11.8. The fourth-order valence-electron chi connectivity index (χ4n) is 3.37. The van der Waals surface area contributed by atoms with Crippen molar-refractivity contribution in [3.05, 3.63) is 65.2 Å². The standard InChI is InChI=1S/C26H36N2O3S/c1-6-24(26(30)27-15-19(2)3)28(16-21-11-13-23(31-5)14-12-21)25(29)18-32-17-22-10-8-7-9-20(22)4/h7-14,19,24H,6,15-18H2,1-5H3,(H,27,30)/t24-/m0/s1. The first-order valence-corrected chi connectivity index (χ1v) is 12.3. The fourth-order valence-corrected chi connectivity index (χ4v) is 4.36. The summed E-state index contributed by atoms with van der Waals surface area (Å²) in [6, 6.07) is 15.4. The SMILES string of the molecule is CC[C@@H](C(=O)NCC(C)C)N(Cc1ccc(OC)cc1)C(=O)CSCc1ccccc1C. The molecule has 0 radical (unpaired) electrons. The second-order valence-corrected chi connectivity index (χ2v) is 9.34. The first-order chi connectivity index (χ1) is 15.3. The number of carbonyl (C=O) groups excluding carboxylic acids is 2. The highest BCUT2D eigenvalue weighted by Gasteiger charge is 2.28. The van der Waals surface area contributed by atoms with Gasteiger partial charge in [0.25, 0.3) is 0 Å². The molecule has 1 atom stereocenters. The third kappa shape index (κ3) is 7.90. The fraction of sp³-hybridized carbons (Fsp3) is 0.462. The quantitative estimate of drug-likeness (QED) is 0.498. The molecule has 0 aliphatic carbocycles. The lowest BCUT2D eigenvalue weighted by Crippen LogP contribution is -2.50. The zero-order valence-corrected chi connectivity index (χ0v) is 20.7. The molecule has 0 bridgehead atoms. The van der Waals surface area contributed by atoms with E-state index in [1.807, 2.05) is 43.3 Å². The Bertz CT molecular complexity index is 868. The highest BCUT2D eigenvalue weighted by atomic mass is 32.2. The smallest absolute Gasteiger partial charge is 0.242 e. The zero-order chi connectivity index (χ0) is 23.5. The maximum absolute atomic E-state index is 13.3. The Balaban J connectivity index is 2.13. The van der Waals surface area contributed by atoms with Crippen LogP contribution in [0, 0.1) is 12.8 Å². The minimum atomic E-state index is -0.498. The van der Waals surface area contributed by atoms with Crippen molar-refractivity contribution in [1.29, 1.82) is 0 Å². The van der Waals surface area contributed by atoms with Crippen molar-refractivity contribution in [2.45, 2.75) is 52.5 Å². The Labute approximate surface area is 196 Å². The van der Waals surface area contributed by atoms with Crippen LogP contribution in [-0.4, -0.2) is 42.2 Å². The van der Waals surface area contributed by atoms with Gasteiger partial charge in [-0.05, 0) is 48.1 Å². The molecular weight excluding hydrogens is 420 g/mol. The van der Waals surface area contributed by atoms with Crippen molar-refractivity contribution in [1.82, 2.24) is 10.2 Å². The highest BCUT2D eigenvalue weighted by molar-refractivity contribution is 7.99. The molecule has 2 amide bonds. The third-order valence-electron chi connectivity index (χ3n) is 5.33. The molecule has 0 aliphatic heterocycles. The number of rotatable bonds is 12. The summed E-state index contributed by atoms with van der Waals surface area (Å²) in [7, 11) is 1.63. The molecule has 6 heteroatoms. The van der Waals surface area contributed by atoms with E-state index in [0.717, 1.165) is 17.1 Å². The van der Waals surface area contributed by atoms with Crippen molar-refractivity contribution in [3.8, 4) is 5.75 Å². The largest absolute Gasteiger partial charge is 0.497 e. The van der Waals surface area contributed by atoms with Crippen molar-refractivity contribution >= 4 is 23.6 Å². The number of hydrogen-bond donors (Lipinski definition) is 1. The van der Waals surface area contributed by atoms with Gasteiger partial charge in [0, 0.05) is 18.8 Å². The van der Waals surface area contributed by atoms with Gasteiger partial charge in [-0.3, -0.25) is 9.59 Å². The monoisotopic (exact) mass is 456 g/mol. The van der Waals surface area contributed by atoms with E-state index in [1.54, 1.807) is 23.8 Å². The first kappa shape index (κ1) is 25.8. The van der Waals surface area contributed by atoms with Gasteiger partial charge in [0.15, 0.2) is 0 Å². The molecule has 2 aromatic rings. The molecule has 2 aromatic carbocycles. The average molecular weight is 457 g/mol. The van der Waals surface area contributed by atoms with Crippen molar-refractivity contribution in [3.63, 3.8) is 0 Å². The van der Waals surface area contributed by atoms with E-state index in [2.05, 4.69) is 38.2 Å². The number of ether oxygens (including phenoxy) is 1. The Morgan fingerprint density at radius 1 is 1.09 bits per heavy atom. The summed E-state index contributed by atoms with van der Waals surface area (Å²) >= 11 is 1.59. The Hall–Kier alpha value is -2.47. The van der Waals surface area contributed by atoms with Crippen LogP contribution < -0.4 is 10.1 Å². The molecule has 0 aliphatic rings. The summed E-state index contributed by atoms with van der Waals surface area (Å²) in [5.74, 6) is 2.11. The van der Waals surface area contributed by atoms with Gasteiger partial charge >= 0.3 is 0 Å². The number of amides is 2. The zero-order valence-electron chi connectivity index (χ0n) is 19.9. The number of hydrogen-bond acceptors (Lipinski definition) is 4. The molecule has 1 N–H and O–H groups in total. The van der Waals surface area contributed by atoms with Crippen molar-refractivity contribution in [2.75, 3.05) is 19.4 Å².